The molecule has 1 aromatic carbocycles. The summed E-state index contributed by atoms with van der Waals surface area (Å²) in [5, 5.41) is 2.77. The molecule has 0 aliphatic rings. The first-order chi connectivity index (χ1) is 9.15. The van der Waals surface area contributed by atoms with E-state index in [1.165, 1.54) is 30.5 Å². The maximum Gasteiger partial charge on any atom is 0.262 e. The second-order valence-electron chi connectivity index (χ2n) is 3.63. The minimum atomic E-state index is -0.376. The standard InChI is InChI=1S/C13H10ClFN2O2/c14-13-11(2-1-7-16-13)17-12(18)8-19-10-5-3-9(15)4-6-10/h1-7H,8H2,(H,17,18). The first-order valence-electron chi connectivity index (χ1n) is 5.44. The molecule has 0 saturated carbocycles. The molecular weight excluding hydrogens is 271 g/mol. The summed E-state index contributed by atoms with van der Waals surface area (Å²) in [6.07, 6.45) is 1.52. The Labute approximate surface area is 114 Å². The molecule has 1 aromatic heterocycles. The number of aromatic nitrogens is 1. The number of ether oxygens (including phenoxy) is 1. The van der Waals surface area contributed by atoms with E-state index in [1.807, 2.05) is 0 Å². The number of hydrogen-bond donors (Lipinski definition) is 1. The van der Waals surface area contributed by atoms with Gasteiger partial charge in [0.15, 0.2) is 11.8 Å². The van der Waals surface area contributed by atoms with Crippen LogP contribution in [0.2, 0.25) is 5.15 Å². The lowest BCUT2D eigenvalue weighted by atomic mass is 10.3. The van der Waals surface area contributed by atoms with Crippen molar-refractivity contribution in [3.8, 4) is 5.75 Å². The quantitative estimate of drug-likeness (QED) is 0.876. The number of hydrogen-bond acceptors (Lipinski definition) is 3. The number of anilines is 1. The zero-order valence-electron chi connectivity index (χ0n) is 9.77. The predicted molar refractivity (Wildman–Crippen MR) is 69.8 cm³/mol. The van der Waals surface area contributed by atoms with Crippen LogP contribution in [0.1, 0.15) is 0 Å². The Morgan fingerprint density at radius 2 is 2.05 bits per heavy atom. The topological polar surface area (TPSA) is 51.2 Å². The highest BCUT2D eigenvalue weighted by molar-refractivity contribution is 6.32. The average molecular weight is 281 g/mol. The summed E-state index contributed by atoms with van der Waals surface area (Å²) >= 11 is 5.79. The Hall–Kier alpha value is -2.14. The van der Waals surface area contributed by atoms with Gasteiger partial charge in [0.05, 0.1) is 5.69 Å². The molecule has 4 nitrogen and oxygen atoms in total. The Kier molecular flexibility index (Phi) is 4.30. The lowest BCUT2D eigenvalue weighted by Crippen LogP contribution is -2.20. The second kappa shape index (κ2) is 6.15. The molecule has 1 heterocycles. The molecule has 0 fully saturated rings. The number of carbonyl (C=O) groups excluding carboxylic acids is 1. The average Bonchev–Trinajstić information content (AvgIpc) is 2.41. The van der Waals surface area contributed by atoms with Gasteiger partial charge in [-0.15, -0.1) is 0 Å². The first-order valence-corrected chi connectivity index (χ1v) is 5.81. The largest absolute Gasteiger partial charge is 0.484 e. The van der Waals surface area contributed by atoms with E-state index in [9.17, 15) is 9.18 Å². The van der Waals surface area contributed by atoms with Crippen molar-refractivity contribution >= 4 is 23.2 Å². The molecule has 0 aliphatic carbocycles. The first kappa shape index (κ1) is 13.3. The van der Waals surface area contributed by atoms with Crippen molar-refractivity contribution in [2.75, 3.05) is 11.9 Å². The van der Waals surface area contributed by atoms with Crippen molar-refractivity contribution in [2.45, 2.75) is 0 Å². The van der Waals surface area contributed by atoms with Crippen molar-refractivity contribution in [1.82, 2.24) is 4.98 Å². The van der Waals surface area contributed by atoms with Gasteiger partial charge in [0.25, 0.3) is 5.91 Å². The molecule has 2 rings (SSSR count). The van der Waals surface area contributed by atoms with Crippen LogP contribution in [0.25, 0.3) is 0 Å². The fourth-order valence-electron chi connectivity index (χ4n) is 1.35. The second-order valence-corrected chi connectivity index (χ2v) is 3.99. The molecule has 0 bridgehead atoms. The summed E-state index contributed by atoms with van der Waals surface area (Å²) < 4.78 is 17.9. The maximum absolute atomic E-state index is 12.7. The fourth-order valence-corrected chi connectivity index (χ4v) is 1.51. The summed E-state index contributed by atoms with van der Waals surface area (Å²) in [5.41, 5.74) is 0.414. The van der Waals surface area contributed by atoms with Gasteiger partial charge in [0.2, 0.25) is 0 Å². The highest BCUT2D eigenvalue weighted by atomic mass is 35.5. The van der Waals surface area contributed by atoms with Gasteiger partial charge in [-0.05, 0) is 36.4 Å². The molecule has 0 spiro atoms. The van der Waals surface area contributed by atoms with E-state index in [2.05, 4.69) is 10.3 Å². The van der Waals surface area contributed by atoms with E-state index in [0.29, 0.717) is 11.4 Å². The third-order valence-electron chi connectivity index (χ3n) is 2.22. The number of amides is 1. The molecule has 2 aromatic rings. The predicted octanol–water partition coefficient (Wildman–Crippen LogP) is 2.89. The third-order valence-corrected chi connectivity index (χ3v) is 2.52. The van der Waals surface area contributed by atoms with E-state index in [1.54, 1.807) is 12.1 Å². The van der Waals surface area contributed by atoms with Gasteiger partial charge in [-0.2, -0.15) is 0 Å². The Balaban J connectivity index is 1.88. The van der Waals surface area contributed by atoms with E-state index >= 15 is 0 Å². The fraction of sp³-hybridized carbons (Fsp3) is 0.0769. The minimum Gasteiger partial charge on any atom is -0.484 e. The number of rotatable bonds is 4. The van der Waals surface area contributed by atoms with Gasteiger partial charge >= 0.3 is 0 Å². The number of nitrogens with one attached hydrogen (secondary N) is 1. The summed E-state index contributed by atoms with van der Waals surface area (Å²) in [7, 11) is 0. The van der Waals surface area contributed by atoms with Gasteiger partial charge in [0, 0.05) is 6.20 Å². The van der Waals surface area contributed by atoms with Gasteiger partial charge < -0.3 is 10.1 Å². The van der Waals surface area contributed by atoms with Crippen LogP contribution in [0, 0.1) is 5.82 Å². The van der Waals surface area contributed by atoms with E-state index in [-0.39, 0.29) is 23.5 Å². The molecule has 0 aliphatic heterocycles. The van der Waals surface area contributed by atoms with E-state index in [4.69, 9.17) is 16.3 Å². The Bertz CT molecular complexity index is 575. The van der Waals surface area contributed by atoms with Crippen molar-refractivity contribution < 1.29 is 13.9 Å². The van der Waals surface area contributed by atoms with Crippen LogP contribution in [-0.4, -0.2) is 17.5 Å². The minimum absolute atomic E-state index is 0.198. The number of halogens is 2. The number of benzene rings is 1. The third kappa shape index (κ3) is 3.93. The van der Waals surface area contributed by atoms with Crippen molar-refractivity contribution in [1.29, 1.82) is 0 Å². The molecule has 0 saturated heterocycles. The monoisotopic (exact) mass is 280 g/mol. The molecule has 1 amide bonds. The molecule has 98 valence electrons. The highest BCUT2D eigenvalue weighted by Gasteiger charge is 2.06. The van der Waals surface area contributed by atoms with E-state index < -0.39 is 0 Å². The molecule has 0 unspecified atom stereocenters. The molecule has 6 heteroatoms. The Morgan fingerprint density at radius 1 is 1.32 bits per heavy atom. The van der Waals surface area contributed by atoms with Crippen molar-refractivity contribution in [3.05, 3.63) is 53.6 Å². The number of nitrogens with zero attached hydrogens (tertiary/aromatic N) is 1. The van der Waals surface area contributed by atoms with Crippen LogP contribution < -0.4 is 10.1 Å². The van der Waals surface area contributed by atoms with Crippen LogP contribution in [-0.2, 0) is 4.79 Å². The van der Waals surface area contributed by atoms with Gasteiger partial charge in [-0.1, -0.05) is 11.6 Å². The molecule has 0 radical (unpaired) electrons. The summed E-state index contributed by atoms with van der Waals surface area (Å²) in [4.78, 5) is 15.4. The van der Waals surface area contributed by atoms with Crippen LogP contribution in [0.4, 0.5) is 10.1 Å². The van der Waals surface area contributed by atoms with Crippen LogP contribution in [0.3, 0.4) is 0 Å². The number of carbonyl (C=O) groups is 1. The molecule has 1 N–H and O–H groups in total. The maximum atomic E-state index is 12.7. The zero-order valence-corrected chi connectivity index (χ0v) is 10.5. The smallest absolute Gasteiger partial charge is 0.262 e. The molecule has 19 heavy (non-hydrogen) atoms. The van der Waals surface area contributed by atoms with Crippen LogP contribution in [0.15, 0.2) is 42.6 Å². The lowest BCUT2D eigenvalue weighted by Gasteiger charge is -2.08. The molecule has 0 atom stereocenters. The highest BCUT2D eigenvalue weighted by Crippen LogP contribution is 2.17. The summed E-state index contributed by atoms with van der Waals surface area (Å²) in [5.74, 6) is -0.327. The van der Waals surface area contributed by atoms with Gasteiger partial charge in [-0.25, -0.2) is 9.37 Å². The van der Waals surface area contributed by atoms with Crippen LogP contribution >= 0.6 is 11.6 Å². The van der Waals surface area contributed by atoms with Crippen molar-refractivity contribution in [3.63, 3.8) is 0 Å². The van der Waals surface area contributed by atoms with Crippen LogP contribution in [0.5, 0.6) is 5.75 Å². The Morgan fingerprint density at radius 3 is 2.74 bits per heavy atom. The normalized spacial score (nSPS) is 10.0. The van der Waals surface area contributed by atoms with E-state index in [0.717, 1.165) is 0 Å². The van der Waals surface area contributed by atoms with Crippen molar-refractivity contribution in [2.24, 2.45) is 0 Å². The summed E-state index contributed by atoms with van der Waals surface area (Å²) in [6.45, 7) is -0.198. The zero-order chi connectivity index (χ0) is 13.7. The lowest BCUT2D eigenvalue weighted by molar-refractivity contribution is -0.118. The van der Waals surface area contributed by atoms with Gasteiger partial charge in [0.1, 0.15) is 11.6 Å². The number of pyridine rings is 1. The molecular formula is C13H10ClFN2O2. The van der Waals surface area contributed by atoms with Gasteiger partial charge in [-0.3, -0.25) is 4.79 Å². The SMILES string of the molecule is O=C(COc1ccc(F)cc1)Nc1cccnc1Cl. The summed E-state index contributed by atoms with van der Waals surface area (Å²) in [6, 6.07) is 8.68.